The zero-order valence-corrected chi connectivity index (χ0v) is 20.7. The van der Waals surface area contributed by atoms with E-state index in [2.05, 4.69) is 5.32 Å². The quantitative estimate of drug-likeness (QED) is 0.580. The van der Waals surface area contributed by atoms with E-state index in [0.29, 0.717) is 57.3 Å². The van der Waals surface area contributed by atoms with E-state index in [1.165, 1.54) is 21.9 Å². The van der Waals surface area contributed by atoms with E-state index in [1.54, 1.807) is 6.92 Å². The lowest BCUT2D eigenvalue weighted by Crippen LogP contribution is -2.45. The van der Waals surface area contributed by atoms with Gasteiger partial charge in [-0.15, -0.1) is 0 Å². The highest BCUT2D eigenvalue weighted by Gasteiger charge is 2.38. The van der Waals surface area contributed by atoms with Crippen LogP contribution in [-0.2, 0) is 25.5 Å². The average molecular weight is 508 g/mol. The van der Waals surface area contributed by atoms with Crippen molar-refractivity contribution in [3.63, 3.8) is 0 Å². The fraction of sp³-hybridized carbons (Fsp3) is 0.429. The molecule has 5 rings (SSSR count). The van der Waals surface area contributed by atoms with Crippen LogP contribution in [0.1, 0.15) is 54.9 Å². The minimum absolute atomic E-state index is 0.00498. The van der Waals surface area contributed by atoms with Gasteiger partial charge in [0.05, 0.1) is 23.2 Å². The molecule has 0 aliphatic carbocycles. The van der Waals surface area contributed by atoms with Gasteiger partial charge in [0.1, 0.15) is 6.10 Å². The van der Waals surface area contributed by atoms with Gasteiger partial charge in [-0.25, -0.2) is 4.39 Å². The zero-order chi connectivity index (χ0) is 26.1. The lowest BCUT2D eigenvalue weighted by atomic mass is 9.96. The van der Waals surface area contributed by atoms with E-state index in [4.69, 9.17) is 4.74 Å². The van der Waals surface area contributed by atoms with Crippen molar-refractivity contribution in [2.24, 2.45) is 5.92 Å². The lowest BCUT2D eigenvalue weighted by Gasteiger charge is -2.26. The second-order valence-corrected chi connectivity index (χ2v) is 10.0. The van der Waals surface area contributed by atoms with Gasteiger partial charge in [-0.1, -0.05) is 37.3 Å². The molecule has 3 amide bonds. The predicted molar refractivity (Wildman–Crippen MR) is 135 cm³/mol. The van der Waals surface area contributed by atoms with Crippen molar-refractivity contribution in [1.82, 2.24) is 5.32 Å². The first kappa shape index (κ1) is 24.9. The number of ether oxygens (including phenoxy) is 1. The summed E-state index contributed by atoms with van der Waals surface area (Å²) in [6.07, 6.45) is 2.21. The van der Waals surface area contributed by atoms with Gasteiger partial charge < -0.3 is 19.9 Å². The number of carbonyl (C=O) groups is 4. The number of carbonyl (C=O) groups excluding carboxylic acids is 4. The number of cyclic esters (lactones) is 1. The van der Waals surface area contributed by atoms with Crippen LogP contribution in [0.3, 0.4) is 0 Å². The predicted octanol–water partition coefficient (Wildman–Crippen LogP) is 3.37. The standard InChI is InChI=1S/C28H30FN3O5/c1-17-13-23(37-28(17)36)21(14-18-7-3-2-4-8-18)30-27(35)20-15-19(31-11-5-9-24(31)33)16-22(26(20)29)32-12-6-10-25(32)34/h2-4,7-8,15-17,21,23H,5-6,9-14H2,1H3,(H,30,35)/t17-,21+,23+/m1/s1. The molecule has 8 nitrogen and oxygen atoms in total. The van der Waals surface area contributed by atoms with E-state index in [9.17, 15) is 19.2 Å². The molecule has 0 aromatic heterocycles. The van der Waals surface area contributed by atoms with Crippen LogP contribution >= 0.6 is 0 Å². The van der Waals surface area contributed by atoms with Crippen molar-refractivity contribution < 1.29 is 28.3 Å². The summed E-state index contributed by atoms with van der Waals surface area (Å²) >= 11 is 0. The number of hydrogen-bond acceptors (Lipinski definition) is 5. The van der Waals surface area contributed by atoms with Crippen molar-refractivity contribution in [1.29, 1.82) is 0 Å². The first-order chi connectivity index (χ1) is 17.8. The lowest BCUT2D eigenvalue weighted by molar-refractivity contribution is -0.144. The van der Waals surface area contributed by atoms with Gasteiger partial charge in [-0.05, 0) is 43.4 Å². The third-order valence-electron chi connectivity index (χ3n) is 7.35. The molecular formula is C28H30FN3O5. The summed E-state index contributed by atoms with van der Waals surface area (Å²) in [7, 11) is 0. The average Bonchev–Trinajstić information content (AvgIpc) is 3.60. The van der Waals surface area contributed by atoms with Gasteiger partial charge >= 0.3 is 5.97 Å². The molecule has 0 saturated carbocycles. The summed E-state index contributed by atoms with van der Waals surface area (Å²) in [5.74, 6) is -2.44. The number of halogens is 1. The molecule has 2 aromatic carbocycles. The van der Waals surface area contributed by atoms with E-state index in [-0.39, 0.29) is 35.0 Å². The maximum absolute atomic E-state index is 15.8. The molecule has 3 aliphatic rings. The number of nitrogens with one attached hydrogen (secondary N) is 1. The van der Waals surface area contributed by atoms with Crippen LogP contribution in [0.5, 0.6) is 0 Å². The molecule has 1 N–H and O–H groups in total. The number of benzene rings is 2. The van der Waals surface area contributed by atoms with Gasteiger partial charge in [0.2, 0.25) is 11.8 Å². The molecule has 2 aromatic rings. The number of anilines is 2. The van der Waals surface area contributed by atoms with E-state index in [0.717, 1.165) is 5.56 Å². The van der Waals surface area contributed by atoms with Crippen LogP contribution in [0.4, 0.5) is 15.8 Å². The summed E-state index contributed by atoms with van der Waals surface area (Å²) in [6.45, 7) is 2.59. The van der Waals surface area contributed by atoms with E-state index in [1.807, 2.05) is 30.3 Å². The topological polar surface area (TPSA) is 96.0 Å². The number of rotatable bonds is 7. The highest BCUT2D eigenvalue weighted by Crippen LogP contribution is 2.34. The number of hydrogen-bond donors (Lipinski definition) is 1. The van der Waals surface area contributed by atoms with Crippen molar-refractivity contribution in [3.05, 3.63) is 59.4 Å². The minimum Gasteiger partial charge on any atom is -0.460 e. The Hall–Kier alpha value is -3.75. The Labute approximate surface area is 214 Å². The van der Waals surface area contributed by atoms with Crippen molar-refractivity contribution in [2.45, 2.75) is 57.6 Å². The highest BCUT2D eigenvalue weighted by molar-refractivity contribution is 6.03. The number of amides is 3. The molecule has 3 fully saturated rings. The fourth-order valence-corrected chi connectivity index (χ4v) is 5.33. The molecule has 9 heteroatoms. The molecule has 0 bridgehead atoms. The number of esters is 1. The van der Waals surface area contributed by atoms with Crippen molar-refractivity contribution in [3.8, 4) is 0 Å². The second kappa shape index (κ2) is 10.3. The summed E-state index contributed by atoms with van der Waals surface area (Å²) in [4.78, 5) is 53.5. The maximum atomic E-state index is 15.8. The normalized spacial score (nSPS) is 22.5. The van der Waals surface area contributed by atoms with Crippen LogP contribution < -0.4 is 15.1 Å². The van der Waals surface area contributed by atoms with Crippen LogP contribution in [-0.4, -0.2) is 48.9 Å². The van der Waals surface area contributed by atoms with Crippen LogP contribution in [0.25, 0.3) is 0 Å². The Balaban J connectivity index is 1.49. The van der Waals surface area contributed by atoms with Crippen LogP contribution in [0.2, 0.25) is 0 Å². The van der Waals surface area contributed by atoms with E-state index < -0.39 is 23.9 Å². The minimum atomic E-state index is -0.807. The zero-order valence-electron chi connectivity index (χ0n) is 20.7. The highest BCUT2D eigenvalue weighted by atomic mass is 19.1. The van der Waals surface area contributed by atoms with Gasteiger partial charge in [0.25, 0.3) is 5.91 Å². The molecule has 0 radical (unpaired) electrons. The Morgan fingerprint density at radius 1 is 1.05 bits per heavy atom. The Kier molecular flexibility index (Phi) is 6.95. The van der Waals surface area contributed by atoms with E-state index >= 15 is 4.39 Å². The smallest absolute Gasteiger partial charge is 0.309 e. The molecule has 194 valence electrons. The molecule has 3 saturated heterocycles. The monoisotopic (exact) mass is 507 g/mol. The molecular weight excluding hydrogens is 477 g/mol. The first-order valence-electron chi connectivity index (χ1n) is 12.8. The van der Waals surface area contributed by atoms with Gasteiger partial charge in [-0.3, -0.25) is 19.2 Å². The molecule has 37 heavy (non-hydrogen) atoms. The van der Waals surface area contributed by atoms with Gasteiger partial charge in [-0.2, -0.15) is 0 Å². The Bertz CT molecular complexity index is 1230. The molecule has 0 spiro atoms. The van der Waals surface area contributed by atoms with Crippen molar-refractivity contribution in [2.75, 3.05) is 22.9 Å². The Morgan fingerprint density at radius 2 is 1.73 bits per heavy atom. The maximum Gasteiger partial charge on any atom is 0.309 e. The first-order valence-corrected chi connectivity index (χ1v) is 12.8. The molecule has 3 heterocycles. The van der Waals surface area contributed by atoms with Crippen LogP contribution in [0, 0.1) is 11.7 Å². The molecule has 3 aliphatic heterocycles. The summed E-state index contributed by atoms with van der Waals surface area (Å²) < 4.78 is 21.4. The third kappa shape index (κ3) is 5.08. The van der Waals surface area contributed by atoms with Crippen molar-refractivity contribution >= 4 is 35.1 Å². The summed E-state index contributed by atoms with van der Waals surface area (Å²) in [5, 5.41) is 2.90. The van der Waals surface area contributed by atoms with Gasteiger partial charge in [0.15, 0.2) is 5.82 Å². The fourth-order valence-electron chi connectivity index (χ4n) is 5.33. The SMILES string of the molecule is C[C@@H]1C[C@@H]([C@H](Cc2ccccc2)NC(=O)c2cc(N3CCCC3=O)cc(N3CCCC3=O)c2F)OC1=O. The third-order valence-corrected chi connectivity index (χ3v) is 7.35. The Morgan fingerprint density at radius 3 is 2.32 bits per heavy atom. The second-order valence-electron chi connectivity index (χ2n) is 10.0. The molecule has 3 atom stereocenters. The molecule has 0 unspecified atom stereocenters. The van der Waals surface area contributed by atoms with Gasteiger partial charge in [0, 0.05) is 31.6 Å². The van der Waals surface area contributed by atoms with Crippen LogP contribution in [0.15, 0.2) is 42.5 Å². The summed E-state index contributed by atoms with van der Waals surface area (Å²) in [5.41, 5.74) is 1.08. The summed E-state index contributed by atoms with van der Waals surface area (Å²) in [6, 6.07) is 11.8. The number of nitrogens with zero attached hydrogens (tertiary/aromatic N) is 2. The largest absolute Gasteiger partial charge is 0.460 e.